The summed E-state index contributed by atoms with van der Waals surface area (Å²) >= 11 is 0. The van der Waals surface area contributed by atoms with Gasteiger partial charge in [-0.3, -0.25) is 0 Å². The van der Waals surface area contributed by atoms with Crippen LogP contribution in [0.5, 0.6) is 17.4 Å². The Morgan fingerprint density at radius 1 is 1.27 bits per heavy atom. The zero-order chi connectivity index (χ0) is 15.2. The van der Waals surface area contributed by atoms with Gasteiger partial charge in [0.2, 0.25) is 0 Å². The van der Waals surface area contributed by atoms with Gasteiger partial charge in [-0.25, -0.2) is 4.98 Å². The Labute approximate surface area is 131 Å². The zero-order valence-corrected chi connectivity index (χ0v) is 12.9. The predicted octanol–water partition coefficient (Wildman–Crippen LogP) is 3.56. The summed E-state index contributed by atoms with van der Waals surface area (Å²) in [4.78, 5) is 4.30. The van der Waals surface area contributed by atoms with Crippen LogP contribution >= 0.6 is 0 Å². The van der Waals surface area contributed by atoms with E-state index >= 15 is 0 Å². The van der Waals surface area contributed by atoms with Gasteiger partial charge in [0.25, 0.3) is 5.88 Å². The van der Waals surface area contributed by atoms with Gasteiger partial charge in [-0.2, -0.15) is 0 Å². The standard InChI is InChI=1S/C18H22N2O2/c1-14-5-2-7-16(11-14)22-18-17(8-4-10-20-18)21-13-15-6-3-9-19-12-15/h2,4-5,7-8,10-11,15,19H,3,6,9,12-13H2,1H3/t15-/m0/s1. The number of rotatable bonds is 5. The van der Waals surface area contributed by atoms with Gasteiger partial charge in [0.1, 0.15) is 5.75 Å². The molecule has 2 heterocycles. The molecule has 2 aromatic rings. The minimum atomic E-state index is 0.525. The summed E-state index contributed by atoms with van der Waals surface area (Å²) in [7, 11) is 0. The number of nitrogens with zero attached hydrogens (tertiary/aromatic N) is 1. The van der Waals surface area contributed by atoms with Crippen molar-refractivity contribution in [2.75, 3.05) is 19.7 Å². The third kappa shape index (κ3) is 3.98. The molecule has 0 amide bonds. The number of nitrogens with one attached hydrogen (secondary N) is 1. The van der Waals surface area contributed by atoms with Crippen molar-refractivity contribution in [1.29, 1.82) is 0 Å². The molecule has 4 heteroatoms. The Hall–Kier alpha value is -2.07. The van der Waals surface area contributed by atoms with E-state index in [9.17, 15) is 0 Å². The van der Waals surface area contributed by atoms with E-state index in [0.717, 1.165) is 24.4 Å². The van der Waals surface area contributed by atoms with Crippen LogP contribution in [0.3, 0.4) is 0 Å². The molecule has 1 atom stereocenters. The summed E-state index contributed by atoms with van der Waals surface area (Å²) in [5, 5.41) is 3.40. The molecule has 1 aliphatic heterocycles. The molecule has 1 aliphatic rings. The topological polar surface area (TPSA) is 43.4 Å². The van der Waals surface area contributed by atoms with Gasteiger partial charge in [0.15, 0.2) is 5.75 Å². The summed E-state index contributed by atoms with van der Waals surface area (Å²) in [5.41, 5.74) is 1.16. The lowest BCUT2D eigenvalue weighted by Crippen LogP contribution is -2.33. The highest BCUT2D eigenvalue weighted by atomic mass is 16.5. The average Bonchev–Trinajstić information content (AvgIpc) is 2.55. The molecule has 0 bridgehead atoms. The van der Waals surface area contributed by atoms with Crippen molar-refractivity contribution in [3.05, 3.63) is 48.2 Å². The fraction of sp³-hybridized carbons (Fsp3) is 0.389. The Bertz CT molecular complexity index is 610. The second-order valence-corrected chi connectivity index (χ2v) is 5.75. The highest BCUT2D eigenvalue weighted by Crippen LogP contribution is 2.29. The van der Waals surface area contributed by atoms with E-state index in [0.29, 0.717) is 24.2 Å². The molecule has 0 aliphatic carbocycles. The molecule has 0 spiro atoms. The lowest BCUT2D eigenvalue weighted by atomic mass is 10.0. The first-order valence-corrected chi connectivity index (χ1v) is 7.84. The molecule has 0 unspecified atom stereocenters. The average molecular weight is 298 g/mol. The number of aryl methyl sites for hydroxylation is 1. The van der Waals surface area contributed by atoms with E-state index in [2.05, 4.69) is 10.3 Å². The minimum absolute atomic E-state index is 0.525. The Balaban J connectivity index is 1.66. The van der Waals surface area contributed by atoms with Crippen LogP contribution in [0.4, 0.5) is 0 Å². The van der Waals surface area contributed by atoms with Gasteiger partial charge in [-0.1, -0.05) is 12.1 Å². The smallest absolute Gasteiger partial charge is 0.262 e. The Morgan fingerprint density at radius 3 is 3.05 bits per heavy atom. The third-order valence-corrected chi connectivity index (χ3v) is 3.81. The molecule has 22 heavy (non-hydrogen) atoms. The molecule has 116 valence electrons. The first-order chi connectivity index (χ1) is 10.8. The third-order valence-electron chi connectivity index (χ3n) is 3.81. The number of ether oxygens (including phenoxy) is 2. The molecule has 1 saturated heterocycles. The summed E-state index contributed by atoms with van der Waals surface area (Å²) < 4.78 is 11.8. The Morgan fingerprint density at radius 2 is 2.23 bits per heavy atom. The highest BCUT2D eigenvalue weighted by Gasteiger charge is 2.15. The molecule has 1 aromatic carbocycles. The van der Waals surface area contributed by atoms with Gasteiger partial charge in [0.05, 0.1) is 6.61 Å². The van der Waals surface area contributed by atoms with Crippen LogP contribution in [0.25, 0.3) is 0 Å². The van der Waals surface area contributed by atoms with Gasteiger partial charge in [-0.05, 0) is 56.1 Å². The van der Waals surface area contributed by atoms with E-state index in [4.69, 9.17) is 9.47 Å². The quantitative estimate of drug-likeness (QED) is 0.916. The number of aromatic nitrogens is 1. The first kappa shape index (κ1) is 14.9. The molecule has 0 radical (unpaired) electrons. The summed E-state index contributed by atoms with van der Waals surface area (Å²) in [6.07, 6.45) is 4.15. The molecule has 0 saturated carbocycles. The SMILES string of the molecule is Cc1cccc(Oc2ncccc2OC[C@H]2CCCNC2)c1. The van der Waals surface area contributed by atoms with E-state index < -0.39 is 0 Å². The summed E-state index contributed by atoms with van der Waals surface area (Å²) in [6.45, 7) is 4.88. The zero-order valence-electron chi connectivity index (χ0n) is 12.9. The fourth-order valence-electron chi connectivity index (χ4n) is 2.63. The molecule has 3 rings (SSSR count). The maximum absolute atomic E-state index is 5.95. The van der Waals surface area contributed by atoms with Crippen molar-refractivity contribution < 1.29 is 9.47 Å². The summed E-state index contributed by atoms with van der Waals surface area (Å²) in [5.74, 6) is 2.56. The lowest BCUT2D eigenvalue weighted by Gasteiger charge is -2.23. The second kappa shape index (κ2) is 7.27. The van der Waals surface area contributed by atoms with Crippen molar-refractivity contribution in [3.63, 3.8) is 0 Å². The molecular weight excluding hydrogens is 276 g/mol. The van der Waals surface area contributed by atoms with E-state index in [-0.39, 0.29) is 0 Å². The molecule has 1 N–H and O–H groups in total. The van der Waals surface area contributed by atoms with Crippen LogP contribution in [-0.4, -0.2) is 24.7 Å². The molecule has 1 fully saturated rings. The van der Waals surface area contributed by atoms with Crippen LogP contribution < -0.4 is 14.8 Å². The van der Waals surface area contributed by atoms with Crippen molar-refractivity contribution in [2.45, 2.75) is 19.8 Å². The lowest BCUT2D eigenvalue weighted by molar-refractivity contribution is 0.212. The van der Waals surface area contributed by atoms with Gasteiger partial charge < -0.3 is 14.8 Å². The normalized spacial score (nSPS) is 18.0. The van der Waals surface area contributed by atoms with Crippen LogP contribution in [0, 0.1) is 12.8 Å². The maximum atomic E-state index is 5.95. The number of hydrogen-bond donors (Lipinski definition) is 1. The monoisotopic (exact) mass is 298 g/mol. The van der Waals surface area contributed by atoms with E-state index in [1.165, 1.54) is 12.8 Å². The van der Waals surface area contributed by atoms with Crippen LogP contribution in [0.15, 0.2) is 42.6 Å². The minimum Gasteiger partial charge on any atom is -0.488 e. The van der Waals surface area contributed by atoms with E-state index in [1.54, 1.807) is 6.20 Å². The molecule has 4 nitrogen and oxygen atoms in total. The second-order valence-electron chi connectivity index (χ2n) is 5.75. The number of piperidine rings is 1. The van der Waals surface area contributed by atoms with Crippen molar-refractivity contribution in [2.24, 2.45) is 5.92 Å². The predicted molar refractivity (Wildman–Crippen MR) is 86.6 cm³/mol. The van der Waals surface area contributed by atoms with Crippen LogP contribution in [0.1, 0.15) is 18.4 Å². The molecular formula is C18H22N2O2. The number of hydrogen-bond acceptors (Lipinski definition) is 4. The Kier molecular flexibility index (Phi) is 4.91. The summed E-state index contributed by atoms with van der Waals surface area (Å²) in [6, 6.07) is 11.7. The number of pyridine rings is 1. The highest BCUT2D eigenvalue weighted by molar-refractivity contribution is 5.38. The van der Waals surface area contributed by atoms with Crippen LogP contribution in [-0.2, 0) is 0 Å². The van der Waals surface area contributed by atoms with Gasteiger partial charge in [0, 0.05) is 18.7 Å². The van der Waals surface area contributed by atoms with Crippen LogP contribution in [0.2, 0.25) is 0 Å². The molecule has 1 aromatic heterocycles. The van der Waals surface area contributed by atoms with Crippen molar-refractivity contribution in [1.82, 2.24) is 10.3 Å². The van der Waals surface area contributed by atoms with E-state index in [1.807, 2.05) is 43.3 Å². The maximum Gasteiger partial charge on any atom is 0.262 e. The van der Waals surface area contributed by atoms with Gasteiger partial charge >= 0.3 is 0 Å². The van der Waals surface area contributed by atoms with Crippen molar-refractivity contribution >= 4 is 0 Å². The number of benzene rings is 1. The van der Waals surface area contributed by atoms with Crippen molar-refractivity contribution in [3.8, 4) is 17.4 Å². The largest absolute Gasteiger partial charge is 0.488 e. The van der Waals surface area contributed by atoms with Gasteiger partial charge in [-0.15, -0.1) is 0 Å². The first-order valence-electron chi connectivity index (χ1n) is 7.84. The fourth-order valence-corrected chi connectivity index (χ4v) is 2.63.